The SMILES string of the molecule is NCCCOc1cccc(CN)c1. The van der Waals surface area contributed by atoms with E-state index in [1.807, 2.05) is 24.3 Å². The molecule has 72 valence electrons. The maximum absolute atomic E-state index is 5.50. The van der Waals surface area contributed by atoms with Crippen molar-refractivity contribution >= 4 is 0 Å². The van der Waals surface area contributed by atoms with Crippen LogP contribution in [0.5, 0.6) is 5.75 Å². The first kappa shape index (κ1) is 10.0. The summed E-state index contributed by atoms with van der Waals surface area (Å²) in [5, 5.41) is 0. The van der Waals surface area contributed by atoms with Gasteiger partial charge in [-0.3, -0.25) is 0 Å². The normalized spacial score (nSPS) is 10.0. The molecule has 3 nitrogen and oxygen atoms in total. The predicted molar refractivity (Wildman–Crippen MR) is 53.5 cm³/mol. The van der Waals surface area contributed by atoms with Crippen molar-refractivity contribution in [1.29, 1.82) is 0 Å². The van der Waals surface area contributed by atoms with Gasteiger partial charge < -0.3 is 16.2 Å². The molecule has 0 aromatic heterocycles. The molecule has 0 bridgehead atoms. The number of benzene rings is 1. The van der Waals surface area contributed by atoms with Crippen LogP contribution < -0.4 is 16.2 Å². The fourth-order valence-electron chi connectivity index (χ4n) is 1.04. The molecule has 1 rings (SSSR count). The molecule has 0 aliphatic rings. The largest absolute Gasteiger partial charge is 0.494 e. The Kier molecular flexibility index (Phi) is 4.29. The molecule has 3 heteroatoms. The van der Waals surface area contributed by atoms with E-state index in [0.29, 0.717) is 19.7 Å². The van der Waals surface area contributed by atoms with Gasteiger partial charge in [-0.25, -0.2) is 0 Å². The Morgan fingerprint density at radius 1 is 1.23 bits per heavy atom. The lowest BCUT2D eigenvalue weighted by Gasteiger charge is -2.05. The summed E-state index contributed by atoms with van der Waals surface area (Å²) < 4.78 is 5.45. The van der Waals surface area contributed by atoms with Gasteiger partial charge in [0.25, 0.3) is 0 Å². The zero-order chi connectivity index (χ0) is 9.52. The van der Waals surface area contributed by atoms with Gasteiger partial charge in [0.1, 0.15) is 5.75 Å². The molecule has 0 saturated heterocycles. The summed E-state index contributed by atoms with van der Waals surface area (Å²) in [7, 11) is 0. The second-order valence-corrected chi connectivity index (χ2v) is 2.84. The van der Waals surface area contributed by atoms with Gasteiger partial charge in [-0.15, -0.1) is 0 Å². The van der Waals surface area contributed by atoms with Crippen LogP contribution in [0.4, 0.5) is 0 Å². The fraction of sp³-hybridized carbons (Fsp3) is 0.400. The molecule has 0 heterocycles. The van der Waals surface area contributed by atoms with E-state index >= 15 is 0 Å². The molecule has 0 aliphatic carbocycles. The third-order valence-electron chi connectivity index (χ3n) is 1.75. The number of hydrogen-bond donors (Lipinski definition) is 2. The van der Waals surface area contributed by atoms with E-state index < -0.39 is 0 Å². The second kappa shape index (κ2) is 5.56. The van der Waals surface area contributed by atoms with Crippen LogP contribution in [0.1, 0.15) is 12.0 Å². The summed E-state index contributed by atoms with van der Waals surface area (Å²) in [4.78, 5) is 0. The highest BCUT2D eigenvalue weighted by atomic mass is 16.5. The smallest absolute Gasteiger partial charge is 0.119 e. The molecule has 0 fully saturated rings. The third-order valence-corrected chi connectivity index (χ3v) is 1.75. The molecular formula is C10H16N2O. The molecule has 0 radical (unpaired) electrons. The van der Waals surface area contributed by atoms with Crippen LogP contribution in [0.3, 0.4) is 0 Å². The molecule has 13 heavy (non-hydrogen) atoms. The monoisotopic (exact) mass is 180 g/mol. The third kappa shape index (κ3) is 3.44. The van der Waals surface area contributed by atoms with Crippen molar-refractivity contribution in [2.75, 3.05) is 13.2 Å². The lowest BCUT2D eigenvalue weighted by atomic mass is 10.2. The summed E-state index contributed by atoms with van der Waals surface area (Å²) in [5.41, 5.74) is 11.9. The topological polar surface area (TPSA) is 61.3 Å². The summed E-state index contributed by atoms with van der Waals surface area (Å²) >= 11 is 0. The first-order valence-corrected chi connectivity index (χ1v) is 4.48. The molecule has 0 atom stereocenters. The summed E-state index contributed by atoms with van der Waals surface area (Å²) in [5.74, 6) is 0.872. The van der Waals surface area contributed by atoms with Crippen molar-refractivity contribution in [1.82, 2.24) is 0 Å². The molecule has 0 unspecified atom stereocenters. The van der Waals surface area contributed by atoms with Gasteiger partial charge in [-0.05, 0) is 30.7 Å². The van der Waals surface area contributed by atoms with E-state index in [1.54, 1.807) is 0 Å². The predicted octanol–water partition coefficient (Wildman–Crippen LogP) is 0.873. The minimum Gasteiger partial charge on any atom is -0.494 e. The van der Waals surface area contributed by atoms with Crippen molar-refractivity contribution < 1.29 is 4.74 Å². The average Bonchev–Trinajstić information content (AvgIpc) is 2.19. The lowest BCUT2D eigenvalue weighted by Crippen LogP contribution is -2.06. The molecule has 0 amide bonds. The maximum Gasteiger partial charge on any atom is 0.119 e. The van der Waals surface area contributed by atoms with Gasteiger partial charge in [-0.2, -0.15) is 0 Å². The number of rotatable bonds is 5. The Balaban J connectivity index is 2.46. The van der Waals surface area contributed by atoms with Crippen molar-refractivity contribution in [3.8, 4) is 5.75 Å². The molecule has 4 N–H and O–H groups in total. The highest BCUT2D eigenvalue weighted by molar-refractivity contribution is 5.28. The van der Waals surface area contributed by atoms with Gasteiger partial charge in [0, 0.05) is 6.54 Å². The Labute approximate surface area is 78.7 Å². The van der Waals surface area contributed by atoms with E-state index in [4.69, 9.17) is 16.2 Å². The van der Waals surface area contributed by atoms with Gasteiger partial charge in [0.05, 0.1) is 6.61 Å². The molecule has 0 aliphatic heterocycles. The van der Waals surface area contributed by atoms with Crippen LogP contribution in [-0.4, -0.2) is 13.2 Å². The van der Waals surface area contributed by atoms with Crippen LogP contribution in [0.2, 0.25) is 0 Å². The summed E-state index contributed by atoms with van der Waals surface area (Å²) in [6.07, 6.45) is 0.882. The average molecular weight is 180 g/mol. The Morgan fingerprint density at radius 3 is 2.77 bits per heavy atom. The van der Waals surface area contributed by atoms with Crippen molar-refractivity contribution in [2.45, 2.75) is 13.0 Å². The minimum atomic E-state index is 0.550. The van der Waals surface area contributed by atoms with Crippen LogP contribution in [-0.2, 0) is 6.54 Å². The van der Waals surface area contributed by atoms with Crippen LogP contribution in [0.15, 0.2) is 24.3 Å². The summed E-state index contributed by atoms with van der Waals surface area (Å²) in [6, 6.07) is 7.81. The van der Waals surface area contributed by atoms with Crippen LogP contribution >= 0.6 is 0 Å². The zero-order valence-electron chi connectivity index (χ0n) is 7.70. The molecule has 0 saturated carbocycles. The van der Waals surface area contributed by atoms with E-state index in [0.717, 1.165) is 17.7 Å². The highest BCUT2D eigenvalue weighted by Crippen LogP contribution is 2.12. The Hall–Kier alpha value is -1.06. The molecular weight excluding hydrogens is 164 g/mol. The van der Waals surface area contributed by atoms with Gasteiger partial charge in [-0.1, -0.05) is 12.1 Å². The van der Waals surface area contributed by atoms with Gasteiger partial charge in [0.2, 0.25) is 0 Å². The van der Waals surface area contributed by atoms with Crippen LogP contribution in [0.25, 0.3) is 0 Å². The maximum atomic E-state index is 5.50. The van der Waals surface area contributed by atoms with E-state index in [1.165, 1.54) is 0 Å². The number of ether oxygens (including phenoxy) is 1. The van der Waals surface area contributed by atoms with Gasteiger partial charge >= 0.3 is 0 Å². The molecule has 1 aromatic rings. The van der Waals surface area contributed by atoms with E-state index in [-0.39, 0.29) is 0 Å². The van der Waals surface area contributed by atoms with Crippen LogP contribution in [0, 0.1) is 0 Å². The van der Waals surface area contributed by atoms with Crippen molar-refractivity contribution in [3.05, 3.63) is 29.8 Å². The first-order chi connectivity index (χ1) is 6.36. The highest BCUT2D eigenvalue weighted by Gasteiger charge is 1.94. The summed E-state index contributed by atoms with van der Waals surface area (Å²) in [6.45, 7) is 1.88. The quantitative estimate of drug-likeness (QED) is 0.661. The first-order valence-electron chi connectivity index (χ1n) is 4.48. The zero-order valence-corrected chi connectivity index (χ0v) is 7.70. The number of nitrogens with two attached hydrogens (primary N) is 2. The second-order valence-electron chi connectivity index (χ2n) is 2.84. The Bertz CT molecular complexity index is 250. The Morgan fingerprint density at radius 2 is 2.08 bits per heavy atom. The van der Waals surface area contributed by atoms with E-state index in [2.05, 4.69) is 0 Å². The van der Waals surface area contributed by atoms with Crippen molar-refractivity contribution in [2.24, 2.45) is 11.5 Å². The van der Waals surface area contributed by atoms with Crippen molar-refractivity contribution in [3.63, 3.8) is 0 Å². The number of hydrogen-bond acceptors (Lipinski definition) is 3. The molecule has 1 aromatic carbocycles. The molecule has 0 spiro atoms. The fourth-order valence-corrected chi connectivity index (χ4v) is 1.04. The lowest BCUT2D eigenvalue weighted by molar-refractivity contribution is 0.313. The van der Waals surface area contributed by atoms with E-state index in [9.17, 15) is 0 Å². The standard InChI is InChI=1S/C10H16N2O/c11-5-2-6-13-10-4-1-3-9(7-10)8-12/h1,3-4,7H,2,5-6,8,11-12H2. The van der Waals surface area contributed by atoms with Gasteiger partial charge in [0.15, 0.2) is 0 Å². The minimum absolute atomic E-state index is 0.550.